The van der Waals surface area contributed by atoms with Crippen LogP contribution >= 0.6 is 0 Å². The first kappa shape index (κ1) is 74.6. The van der Waals surface area contributed by atoms with Crippen LogP contribution in [0.15, 0.2) is 36.5 Å². The summed E-state index contributed by atoms with van der Waals surface area (Å²) < 4.78 is 17.0. The molecule has 0 aliphatic carbocycles. The van der Waals surface area contributed by atoms with Crippen LogP contribution in [-0.4, -0.2) is 37.2 Å². The zero-order valence-corrected chi connectivity index (χ0v) is 52.0. The first-order valence-corrected chi connectivity index (χ1v) is 34.5. The standard InChI is InChI=1S/C71H132O6/c1-4-7-10-13-16-19-22-25-28-30-31-32-33-34-35-36-37-38-39-41-43-46-49-52-55-58-61-64-70(73)76-67-68(66-75-69(72)63-60-57-54-51-48-45-42-27-24-21-18-15-12-9-6-3)77-71(74)65-62-59-56-53-50-47-44-40-29-26-23-20-17-14-11-8-5-2/h18,21,27,30-31,42,68H,4-17,19-20,22-26,28-29,32-41,43-67H2,1-3H3/b21-18-,31-30-,42-27-. The molecule has 6 nitrogen and oxygen atoms in total. The molecule has 0 aromatic rings. The molecule has 0 saturated carbocycles. The van der Waals surface area contributed by atoms with E-state index in [0.717, 1.165) is 77.0 Å². The minimum Gasteiger partial charge on any atom is -0.462 e. The Morgan fingerprint density at radius 3 is 0.753 bits per heavy atom. The van der Waals surface area contributed by atoms with Crippen molar-refractivity contribution in [2.24, 2.45) is 0 Å². The number of rotatable bonds is 64. The molecule has 1 unspecified atom stereocenters. The molecule has 0 spiro atoms. The van der Waals surface area contributed by atoms with E-state index in [4.69, 9.17) is 14.2 Å². The highest BCUT2D eigenvalue weighted by Crippen LogP contribution is 2.18. The van der Waals surface area contributed by atoms with E-state index in [0.29, 0.717) is 19.3 Å². The predicted octanol–water partition coefficient (Wildman–Crippen LogP) is 23.6. The van der Waals surface area contributed by atoms with E-state index in [1.807, 2.05) is 0 Å². The van der Waals surface area contributed by atoms with Crippen LogP contribution in [0.3, 0.4) is 0 Å². The predicted molar refractivity (Wildman–Crippen MR) is 335 cm³/mol. The summed E-state index contributed by atoms with van der Waals surface area (Å²) in [6, 6.07) is 0. The van der Waals surface area contributed by atoms with Gasteiger partial charge in [-0.3, -0.25) is 14.4 Å². The molecule has 0 radical (unpaired) electrons. The van der Waals surface area contributed by atoms with Crippen LogP contribution in [-0.2, 0) is 28.6 Å². The molecule has 0 heterocycles. The number of hydrogen-bond acceptors (Lipinski definition) is 6. The van der Waals surface area contributed by atoms with Gasteiger partial charge < -0.3 is 14.2 Å². The van der Waals surface area contributed by atoms with Gasteiger partial charge in [-0.05, 0) is 77.0 Å². The Hall–Kier alpha value is -2.37. The molecule has 0 aromatic carbocycles. The zero-order valence-electron chi connectivity index (χ0n) is 52.0. The van der Waals surface area contributed by atoms with Crippen LogP contribution in [0.4, 0.5) is 0 Å². The van der Waals surface area contributed by atoms with Gasteiger partial charge in [0.15, 0.2) is 6.10 Å². The van der Waals surface area contributed by atoms with Gasteiger partial charge in [-0.2, -0.15) is 0 Å². The smallest absolute Gasteiger partial charge is 0.306 e. The highest BCUT2D eigenvalue weighted by molar-refractivity contribution is 5.71. The second kappa shape index (κ2) is 66.1. The number of ether oxygens (including phenoxy) is 3. The van der Waals surface area contributed by atoms with Gasteiger partial charge in [0.2, 0.25) is 0 Å². The largest absolute Gasteiger partial charge is 0.462 e. The number of hydrogen-bond donors (Lipinski definition) is 0. The quantitative estimate of drug-likeness (QED) is 0.0261. The fourth-order valence-electron chi connectivity index (χ4n) is 10.4. The van der Waals surface area contributed by atoms with Crippen molar-refractivity contribution in [1.29, 1.82) is 0 Å². The molecule has 1 atom stereocenters. The SMILES string of the molecule is CCCCC/C=C\C/C=C\CCCCCCCC(=O)OCC(COC(=O)CCCCCCCCCCCCCCCCC/C=C\CCCCCCCCCC)OC(=O)CCCCCCCCCCCCCCCCCCC. The molecule has 0 aliphatic heterocycles. The first-order chi connectivity index (χ1) is 38.0. The molecular formula is C71H132O6. The monoisotopic (exact) mass is 1080 g/mol. The maximum atomic E-state index is 12.9. The second-order valence-corrected chi connectivity index (χ2v) is 23.4. The summed E-state index contributed by atoms with van der Waals surface area (Å²) in [4.78, 5) is 38.4. The van der Waals surface area contributed by atoms with Gasteiger partial charge >= 0.3 is 17.9 Å². The van der Waals surface area contributed by atoms with Crippen molar-refractivity contribution in [2.75, 3.05) is 13.2 Å². The molecule has 0 amide bonds. The molecule has 6 heteroatoms. The van der Waals surface area contributed by atoms with Crippen LogP contribution in [0, 0.1) is 0 Å². The third-order valence-electron chi connectivity index (χ3n) is 15.6. The molecule has 0 fully saturated rings. The topological polar surface area (TPSA) is 78.9 Å². The Balaban J connectivity index is 4.23. The van der Waals surface area contributed by atoms with Crippen molar-refractivity contribution in [2.45, 2.75) is 386 Å². The molecule has 0 bridgehead atoms. The van der Waals surface area contributed by atoms with E-state index in [-0.39, 0.29) is 31.1 Å². The Bertz CT molecular complexity index is 1290. The summed E-state index contributed by atoms with van der Waals surface area (Å²) in [6.07, 6.45) is 81.7. The average molecular weight is 1080 g/mol. The van der Waals surface area contributed by atoms with Crippen LogP contribution in [0.2, 0.25) is 0 Å². The molecule has 0 rings (SSSR count). The first-order valence-electron chi connectivity index (χ1n) is 34.5. The van der Waals surface area contributed by atoms with Gasteiger partial charge in [0.1, 0.15) is 13.2 Å². The zero-order chi connectivity index (χ0) is 55.7. The van der Waals surface area contributed by atoms with Crippen molar-refractivity contribution in [3.8, 4) is 0 Å². The summed E-state index contributed by atoms with van der Waals surface area (Å²) in [6.45, 7) is 6.67. The number of esters is 3. The van der Waals surface area contributed by atoms with E-state index >= 15 is 0 Å². The number of carbonyl (C=O) groups excluding carboxylic acids is 3. The van der Waals surface area contributed by atoms with E-state index < -0.39 is 6.10 Å². The van der Waals surface area contributed by atoms with E-state index in [1.165, 1.54) is 263 Å². The molecule has 0 aromatic heterocycles. The summed E-state index contributed by atoms with van der Waals surface area (Å²) in [7, 11) is 0. The third kappa shape index (κ3) is 64.3. The van der Waals surface area contributed by atoms with Gasteiger partial charge in [-0.15, -0.1) is 0 Å². The summed E-state index contributed by atoms with van der Waals surface area (Å²) >= 11 is 0. The van der Waals surface area contributed by atoms with Gasteiger partial charge in [0.25, 0.3) is 0 Å². The van der Waals surface area contributed by atoms with Crippen LogP contribution in [0.5, 0.6) is 0 Å². The van der Waals surface area contributed by atoms with Crippen LogP contribution in [0.1, 0.15) is 380 Å². The fraction of sp³-hybridized carbons (Fsp3) is 0.873. The molecule has 0 saturated heterocycles. The highest BCUT2D eigenvalue weighted by Gasteiger charge is 2.19. The molecule has 452 valence electrons. The normalized spacial score (nSPS) is 12.2. The van der Waals surface area contributed by atoms with Gasteiger partial charge in [0, 0.05) is 19.3 Å². The maximum absolute atomic E-state index is 12.9. The molecule has 0 aliphatic rings. The van der Waals surface area contributed by atoms with Crippen molar-refractivity contribution in [3.63, 3.8) is 0 Å². The Morgan fingerprint density at radius 2 is 0.468 bits per heavy atom. The molecule has 77 heavy (non-hydrogen) atoms. The minimum atomic E-state index is -0.776. The van der Waals surface area contributed by atoms with Gasteiger partial charge in [0.05, 0.1) is 0 Å². The number of carbonyl (C=O) groups is 3. The number of allylic oxidation sites excluding steroid dienone is 6. The van der Waals surface area contributed by atoms with Gasteiger partial charge in [-0.25, -0.2) is 0 Å². The van der Waals surface area contributed by atoms with E-state index in [9.17, 15) is 14.4 Å². The Labute approximate surface area is 480 Å². The highest BCUT2D eigenvalue weighted by atomic mass is 16.6. The Morgan fingerprint density at radius 1 is 0.260 bits per heavy atom. The lowest BCUT2D eigenvalue weighted by Gasteiger charge is -2.18. The van der Waals surface area contributed by atoms with Gasteiger partial charge in [-0.1, -0.05) is 320 Å². The lowest BCUT2D eigenvalue weighted by Crippen LogP contribution is -2.30. The van der Waals surface area contributed by atoms with E-state index in [1.54, 1.807) is 0 Å². The lowest BCUT2D eigenvalue weighted by molar-refractivity contribution is -0.167. The molecule has 0 N–H and O–H groups in total. The second-order valence-electron chi connectivity index (χ2n) is 23.4. The van der Waals surface area contributed by atoms with Crippen molar-refractivity contribution in [1.82, 2.24) is 0 Å². The molecular weight excluding hydrogens is 949 g/mol. The minimum absolute atomic E-state index is 0.0715. The average Bonchev–Trinajstić information content (AvgIpc) is 3.43. The number of unbranched alkanes of at least 4 members (excludes halogenated alkanes) is 47. The van der Waals surface area contributed by atoms with Crippen LogP contribution < -0.4 is 0 Å². The summed E-state index contributed by atoms with van der Waals surface area (Å²) in [5.41, 5.74) is 0. The van der Waals surface area contributed by atoms with Crippen molar-refractivity contribution >= 4 is 17.9 Å². The summed E-state index contributed by atoms with van der Waals surface area (Å²) in [5.74, 6) is -0.858. The van der Waals surface area contributed by atoms with Crippen LogP contribution in [0.25, 0.3) is 0 Å². The maximum Gasteiger partial charge on any atom is 0.306 e. The fourth-order valence-corrected chi connectivity index (χ4v) is 10.4. The van der Waals surface area contributed by atoms with Crippen molar-refractivity contribution < 1.29 is 28.6 Å². The Kier molecular flexibility index (Phi) is 64.1. The van der Waals surface area contributed by atoms with Crippen molar-refractivity contribution in [3.05, 3.63) is 36.5 Å². The van der Waals surface area contributed by atoms with E-state index in [2.05, 4.69) is 57.2 Å². The summed E-state index contributed by atoms with van der Waals surface area (Å²) in [5, 5.41) is 0. The third-order valence-corrected chi connectivity index (χ3v) is 15.6. The lowest BCUT2D eigenvalue weighted by atomic mass is 10.0.